The summed E-state index contributed by atoms with van der Waals surface area (Å²) in [6.07, 6.45) is 0.792. The molecule has 3 aliphatic rings. The summed E-state index contributed by atoms with van der Waals surface area (Å²) in [6.45, 7) is 6.83. The predicted molar refractivity (Wildman–Crippen MR) is 144 cm³/mol. The van der Waals surface area contributed by atoms with Gasteiger partial charge >= 0.3 is 11.9 Å². The average molecular weight is 532 g/mol. The quantitative estimate of drug-likeness (QED) is 0.290. The second-order valence-electron chi connectivity index (χ2n) is 10.6. The molecule has 3 atom stereocenters. The number of allylic oxidation sites excluding steroid dienone is 2. The molecule has 204 valence electrons. The molecule has 0 radical (unpaired) electrons. The molecule has 9 nitrogen and oxygen atoms in total. The van der Waals surface area contributed by atoms with Gasteiger partial charge in [0.15, 0.2) is 0 Å². The molecule has 2 aromatic rings. The van der Waals surface area contributed by atoms with Crippen LogP contribution in [0, 0.1) is 27.9 Å². The molecule has 2 fully saturated rings. The molecule has 2 heterocycles. The number of carbonyl (C=O) groups excluding carboxylic acids is 2. The number of hydrogen-bond donors (Lipinski definition) is 1. The van der Waals surface area contributed by atoms with E-state index in [1.54, 1.807) is 26.0 Å². The first-order valence-electron chi connectivity index (χ1n) is 13.2. The highest BCUT2D eigenvalue weighted by atomic mass is 16.6. The van der Waals surface area contributed by atoms with Crippen molar-refractivity contribution in [1.82, 2.24) is 10.2 Å². The number of methoxy groups -OCH3 is 1. The summed E-state index contributed by atoms with van der Waals surface area (Å²) in [4.78, 5) is 39.7. The minimum atomic E-state index is -0.849. The van der Waals surface area contributed by atoms with Crippen LogP contribution < -0.4 is 5.32 Å². The minimum Gasteiger partial charge on any atom is -0.466 e. The van der Waals surface area contributed by atoms with Crippen molar-refractivity contribution in [2.45, 2.75) is 32.7 Å². The largest absolute Gasteiger partial charge is 0.466 e. The maximum Gasteiger partial charge on any atom is 0.336 e. The highest BCUT2D eigenvalue weighted by molar-refractivity contribution is 5.99. The predicted octanol–water partition coefficient (Wildman–Crippen LogP) is 4.31. The zero-order valence-electron chi connectivity index (χ0n) is 22.4. The SMILES string of the molecule is COC(=O)C1=C(C)NC(C)=C(C(=O)OCCC2C3CN(Cc4ccccc4)CC23)C1c1cccc([N+](=O)[O-])c1. The molecule has 1 aliphatic carbocycles. The van der Waals surface area contributed by atoms with E-state index >= 15 is 0 Å². The highest BCUT2D eigenvalue weighted by Crippen LogP contribution is 2.53. The van der Waals surface area contributed by atoms with Crippen molar-refractivity contribution >= 4 is 17.6 Å². The molecule has 0 bridgehead atoms. The number of hydrogen-bond acceptors (Lipinski definition) is 8. The number of benzene rings is 2. The van der Waals surface area contributed by atoms with Gasteiger partial charge < -0.3 is 14.8 Å². The summed E-state index contributed by atoms with van der Waals surface area (Å²) in [7, 11) is 1.27. The Morgan fingerprint density at radius 2 is 1.67 bits per heavy atom. The fourth-order valence-electron chi connectivity index (χ4n) is 6.30. The van der Waals surface area contributed by atoms with Crippen LogP contribution in [-0.2, 0) is 25.6 Å². The van der Waals surface area contributed by atoms with Crippen LogP contribution in [0.3, 0.4) is 0 Å². The first kappa shape index (κ1) is 26.6. The number of ether oxygens (including phenoxy) is 2. The van der Waals surface area contributed by atoms with Crippen LogP contribution in [-0.4, -0.2) is 48.6 Å². The van der Waals surface area contributed by atoms with Gasteiger partial charge in [0, 0.05) is 43.2 Å². The van der Waals surface area contributed by atoms with Gasteiger partial charge in [0.25, 0.3) is 5.69 Å². The van der Waals surface area contributed by atoms with Gasteiger partial charge in [-0.15, -0.1) is 0 Å². The number of dihydropyridines is 1. The summed E-state index contributed by atoms with van der Waals surface area (Å²) >= 11 is 0. The van der Waals surface area contributed by atoms with Crippen LogP contribution in [0.25, 0.3) is 0 Å². The van der Waals surface area contributed by atoms with E-state index in [1.807, 2.05) is 6.07 Å². The van der Waals surface area contributed by atoms with Crippen molar-refractivity contribution in [3.05, 3.63) is 98.4 Å². The van der Waals surface area contributed by atoms with Crippen molar-refractivity contribution in [1.29, 1.82) is 0 Å². The maximum absolute atomic E-state index is 13.4. The number of rotatable bonds is 9. The van der Waals surface area contributed by atoms with Crippen LogP contribution in [0.15, 0.2) is 77.1 Å². The Bertz CT molecular complexity index is 1340. The lowest BCUT2D eigenvalue weighted by Gasteiger charge is -2.30. The van der Waals surface area contributed by atoms with E-state index in [0.717, 1.165) is 26.1 Å². The molecule has 2 aliphatic heterocycles. The summed E-state index contributed by atoms with van der Waals surface area (Å²) < 4.78 is 10.8. The van der Waals surface area contributed by atoms with Gasteiger partial charge in [-0.05, 0) is 49.1 Å². The van der Waals surface area contributed by atoms with Crippen LogP contribution in [0.1, 0.15) is 37.3 Å². The lowest BCUT2D eigenvalue weighted by atomic mass is 9.80. The Morgan fingerprint density at radius 3 is 2.31 bits per heavy atom. The van der Waals surface area contributed by atoms with E-state index < -0.39 is 22.8 Å². The number of nitrogens with zero attached hydrogens (tertiary/aromatic N) is 2. The molecule has 2 aromatic carbocycles. The molecule has 5 rings (SSSR count). The van der Waals surface area contributed by atoms with Gasteiger partial charge in [-0.25, -0.2) is 9.59 Å². The van der Waals surface area contributed by atoms with Gasteiger partial charge in [0.05, 0.1) is 35.7 Å². The van der Waals surface area contributed by atoms with Gasteiger partial charge in [-0.3, -0.25) is 15.0 Å². The number of non-ortho nitro benzene ring substituents is 1. The lowest BCUT2D eigenvalue weighted by molar-refractivity contribution is -0.384. The Morgan fingerprint density at radius 1 is 1.00 bits per heavy atom. The van der Waals surface area contributed by atoms with E-state index in [0.29, 0.717) is 34.7 Å². The number of likely N-dealkylation sites (tertiary alicyclic amines) is 1. The smallest absolute Gasteiger partial charge is 0.336 e. The molecule has 9 heteroatoms. The Balaban J connectivity index is 1.25. The Kier molecular flexibility index (Phi) is 7.52. The van der Waals surface area contributed by atoms with E-state index in [2.05, 4.69) is 34.5 Å². The lowest BCUT2D eigenvalue weighted by Crippen LogP contribution is -2.32. The second kappa shape index (κ2) is 11.0. The standard InChI is InChI=1S/C30H33N3O6/c1-18-26(29(34)38-3)28(21-10-7-11-22(14-21)33(36)37)27(19(2)31-18)30(35)39-13-12-23-24-16-32(17-25(23)24)15-20-8-5-4-6-9-20/h4-11,14,23-25,28,31H,12-13,15-17H2,1-3H3. The third kappa shape index (κ3) is 5.45. The van der Waals surface area contributed by atoms with Crippen molar-refractivity contribution in [2.24, 2.45) is 17.8 Å². The van der Waals surface area contributed by atoms with Crippen molar-refractivity contribution < 1.29 is 24.0 Å². The van der Waals surface area contributed by atoms with Gasteiger partial charge in [-0.2, -0.15) is 0 Å². The van der Waals surface area contributed by atoms with Gasteiger partial charge in [0.1, 0.15) is 0 Å². The molecular formula is C30H33N3O6. The summed E-state index contributed by atoms with van der Waals surface area (Å²) in [5.74, 6) is -0.178. The number of nitro groups is 1. The maximum atomic E-state index is 13.4. The molecular weight excluding hydrogens is 498 g/mol. The Hall–Kier alpha value is -3.98. The van der Waals surface area contributed by atoms with Gasteiger partial charge in [0.2, 0.25) is 0 Å². The normalized spacial score (nSPS) is 24.2. The average Bonchev–Trinajstić information content (AvgIpc) is 3.37. The van der Waals surface area contributed by atoms with Crippen molar-refractivity contribution in [2.75, 3.05) is 26.8 Å². The zero-order chi connectivity index (χ0) is 27.7. The molecule has 3 unspecified atom stereocenters. The fraction of sp³-hybridized carbons (Fsp3) is 0.400. The first-order valence-corrected chi connectivity index (χ1v) is 13.2. The van der Waals surface area contributed by atoms with Crippen LogP contribution in [0.4, 0.5) is 5.69 Å². The van der Waals surface area contributed by atoms with E-state index in [1.165, 1.54) is 24.8 Å². The summed E-state index contributed by atoms with van der Waals surface area (Å²) in [5.41, 5.74) is 3.20. The number of fused-ring (bicyclic) bond motifs is 1. The number of carbonyl (C=O) groups is 2. The molecule has 0 amide bonds. The summed E-state index contributed by atoms with van der Waals surface area (Å²) in [5, 5.41) is 14.5. The highest BCUT2D eigenvalue weighted by Gasteiger charge is 2.54. The Labute approximate surface area is 227 Å². The number of esters is 2. The fourth-order valence-corrected chi connectivity index (χ4v) is 6.30. The third-order valence-electron chi connectivity index (χ3n) is 8.18. The molecule has 0 aromatic heterocycles. The molecule has 1 saturated carbocycles. The number of nitrogens with one attached hydrogen (secondary N) is 1. The molecule has 0 spiro atoms. The number of piperidine rings is 1. The van der Waals surface area contributed by atoms with Crippen LogP contribution >= 0.6 is 0 Å². The molecule has 1 N–H and O–H groups in total. The minimum absolute atomic E-state index is 0.125. The van der Waals surface area contributed by atoms with Gasteiger partial charge in [-0.1, -0.05) is 42.5 Å². The van der Waals surface area contributed by atoms with E-state index in [9.17, 15) is 19.7 Å². The zero-order valence-corrected chi connectivity index (χ0v) is 22.4. The third-order valence-corrected chi connectivity index (χ3v) is 8.18. The monoisotopic (exact) mass is 531 g/mol. The summed E-state index contributed by atoms with van der Waals surface area (Å²) in [6, 6.07) is 16.5. The molecule has 39 heavy (non-hydrogen) atoms. The second-order valence-corrected chi connectivity index (χ2v) is 10.6. The number of nitro benzene ring substituents is 1. The van der Waals surface area contributed by atoms with Crippen molar-refractivity contribution in [3.8, 4) is 0 Å². The first-order chi connectivity index (χ1) is 18.8. The topological polar surface area (TPSA) is 111 Å². The van der Waals surface area contributed by atoms with E-state index in [4.69, 9.17) is 9.47 Å². The van der Waals surface area contributed by atoms with E-state index in [-0.39, 0.29) is 23.4 Å². The van der Waals surface area contributed by atoms with Crippen LogP contribution in [0.2, 0.25) is 0 Å². The van der Waals surface area contributed by atoms with Crippen LogP contribution in [0.5, 0.6) is 0 Å². The molecule has 1 saturated heterocycles. The van der Waals surface area contributed by atoms with Crippen molar-refractivity contribution in [3.63, 3.8) is 0 Å².